The minimum atomic E-state index is -0.563. The van der Waals surface area contributed by atoms with Crippen LogP contribution in [0.5, 0.6) is 0 Å². The van der Waals surface area contributed by atoms with E-state index in [4.69, 9.17) is 4.74 Å². The van der Waals surface area contributed by atoms with Crippen molar-refractivity contribution in [3.8, 4) is 6.07 Å². The summed E-state index contributed by atoms with van der Waals surface area (Å²) in [6.07, 6.45) is 2.28. The Morgan fingerprint density at radius 1 is 1.36 bits per heavy atom. The minimum Gasteiger partial charge on any atom is -0.443 e. The highest BCUT2D eigenvalue weighted by Crippen LogP contribution is 2.38. The standard InChI is InChI=1S/C18H20N2O2/c1-18(2,3)22-17(21)20-15-10-5-4-8-13(15)14-9-6-7-12(11-19)16(14)20/h4-5,8,10,12H,6-7,9H2,1-3H3. The molecule has 1 unspecified atom stereocenters. The molecule has 0 radical (unpaired) electrons. The Morgan fingerprint density at radius 2 is 2.09 bits per heavy atom. The average molecular weight is 296 g/mol. The number of fused-ring (bicyclic) bond motifs is 3. The first-order chi connectivity index (χ1) is 10.4. The number of aromatic nitrogens is 1. The smallest absolute Gasteiger partial charge is 0.419 e. The summed E-state index contributed by atoms with van der Waals surface area (Å²) in [6.45, 7) is 5.56. The number of carbonyl (C=O) groups is 1. The van der Waals surface area contributed by atoms with Crippen LogP contribution in [0.3, 0.4) is 0 Å². The van der Waals surface area contributed by atoms with Gasteiger partial charge < -0.3 is 4.74 Å². The molecule has 0 saturated heterocycles. The number of carbonyl (C=O) groups excluding carboxylic acids is 1. The van der Waals surface area contributed by atoms with Crippen LogP contribution >= 0.6 is 0 Å². The van der Waals surface area contributed by atoms with E-state index in [9.17, 15) is 10.1 Å². The molecule has 114 valence electrons. The number of aryl methyl sites for hydroxylation is 1. The molecule has 0 amide bonds. The molecule has 4 heteroatoms. The van der Waals surface area contributed by atoms with Crippen LogP contribution in [0.4, 0.5) is 4.79 Å². The van der Waals surface area contributed by atoms with E-state index >= 15 is 0 Å². The molecule has 3 rings (SSSR count). The first-order valence-corrected chi connectivity index (χ1v) is 7.67. The van der Waals surface area contributed by atoms with Gasteiger partial charge in [-0.1, -0.05) is 18.2 Å². The summed E-state index contributed by atoms with van der Waals surface area (Å²) < 4.78 is 7.18. The van der Waals surface area contributed by atoms with E-state index in [1.54, 1.807) is 4.57 Å². The molecule has 1 aromatic heterocycles. The maximum atomic E-state index is 12.7. The zero-order valence-corrected chi connectivity index (χ0v) is 13.2. The summed E-state index contributed by atoms with van der Waals surface area (Å²) in [5.74, 6) is -0.247. The minimum absolute atomic E-state index is 0.247. The lowest BCUT2D eigenvalue weighted by molar-refractivity contribution is 0.0538. The normalized spacial score (nSPS) is 17.8. The van der Waals surface area contributed by atoms with E-state index in [0.717, 1.165) is 41.4 Å². The zero-order chi connectivity index (χ0) is 15.9. The second-order valence-electron chi connectivity index (χ2n) is 6.77. The number of hydrogen-bond donors (Lipinski definition) is 0. The first-order valence-electron chi connectivity index (χ1n) is 7.67. The van der Waals surface area contributed by atoms with Crippen LogP contribution in [0.1, 0.15) is 50.8 Å². The number of para-hydroxylation sites is 1. The van der Waals surface area contributed by atoms with Gasteiger partial charge in [0, 0.05) is 5.39 Å². The van der Waals surface area contributed by atoms with Gasteiger partial charge in [-0.05, 0) is 51.7 Å². The molecule has 1 atom stereocenters. The number of hydrogen-bond acceptors (Lipinski definition) is 3. The number of nitrogens with zero attached hydrogens (tertiary/aromatic N) is 2. The predicted molar refractivity (Wildman–Crippen MR) is 84.9 cm³/mol. The molecule has 1 heterocycles. The molecule has 1 aliphatic rings. The fourth-order valence-electron chi connectivity index (χ4n) is 3.21. The maximum absolute atomic E-state index is 12.7. The van der Waals surface area contributed by atoms with Gasteiger partial charge in [-0.15, -0.1) is 0 Å². The summed E-state index contributed by atoms with van der Waals surface area (Å²) >= 11 is 0. The van der Waals surface area contributed by atoms with Crippen LogP contribution in [0.15, 0.2) is 24.3 Å². The van der Waals surface area contributed by atoms with Crippen molar-refractivity contribution in [2.75, 3.05) is 0 Å². The van der Waals surface area contributed by atoms with Crippen molar-refractivity contribution in [3.63, 3.8) is 0 Å². The van der Waals surface area contributed by atoms with Crippen molar-refractivity contribution in [1.82, 2.24) is 4.57 Å². The lowest BCUT2D eigenvalue weighted by Crippen LogP contribution is -2.29. The molecule has 22 heavy (non-hydrogen) atoms. The van der Waals surface area contributed by atoms with Crippen LogP contribution < -0.4 is 0 Å². The molecule has 1 aromatic carbocycles. The summed E-state index contributed by atoms with van der Waals surface area (Å²) in [6, 6.07) is 10.2. The predicted octanol–water partition coefficient (Wildman–Crippen LogP) is 4.37. The molecule has 0 N–H and O–H groups in total. The van der Waals surface area contributed by atoms with Crippen molar-refractivity contribution in [1.29, 1.82) is 5.26 Å². The fourth-order valence-corrected chi connectivity index (χ4v) is 3.21. The Balaban J connectivity index is 2.24. The fraction of sp³-hybridized carbons (Fsp3) is 0.444. The van der Waals surface area contributed by atoms with Crippen LogP contribution in [0, 0.1) is 11.3 Å². The molecular formula is C18H20N2O2. The number of ether oxygens (including phenoxy) is 1. The summed E-state index contributed by atoms with van der Waals surface area (Å²) in [7, 11) is 0. The summed E-state index contributed by atoms with van der Waals surface area (Å²) in [4.78, 5) is 12.7. The molecule has 4 nitrogen and oxygen atoms in total. The van der Waals surface area contributed by atoms with Gasteiger partial charge in [0.1, 0.15) is 5.60 Å². The summed E-state index contributed by atoms with van der Waals surface area (Å²) in [5.41, 5.74) is 2.22. The van der Waals surface area contributed by atoms with Crippen molar-refractivity contribution in [3.05, 3.63) is 35.5 Å². The lowest BCUT2D eigenvalue weighted by atomic mass is 9.87. The molecule has 1 aliphatic carbocycles. The number of benzene rings is 1. The quantitative estimate of drug-likeness (QED) is 0.725. The Morgan fingerprint density at radius 3 is 2.77 bits per heavy atom. The van der Waals surface area contributed by atoms with Crippen LogP contribution in [0.25, 0.3) is 10.9 Å². The SMILES string of the molecule is CC(C)(C)OC(=O)n1c2c(c3ccccc31)CCCC2C#N. The first kappa shape index (κ1) is 14.6. The van der Waals surface area contributed by atoms with Crippen LogP contribution in [-0.2, 0) is 11.2 Å². The molecular weight excluding hydrogens is 276 g/mol. The second kappa shape index (κ2) is 5.17. The van der Waals surface area contributed by atoms with Gasteiger partial charge in [-0.25, -0.2) is 9.36 Å². The molecule has 0 spiro atoms. The van der Waals surface area contributed by atoms with Gasteiger partial charge in [0.2, 0.25) is 0 Å². The van der Waals surface area contributed by atoms with E-state index in [-0.39, 0.29) is 5.92 Å². The molecule has 0 saturated carbocycles. The molecule has 0 bridgehead atoms. The Kier molecular flexibility index (Phi) is 3.44. The van der Waals surface area contributed by atoms with E-state index < -0.39 is 11.7 Å². The Bertz CT molecular complexity index is 775. The Labute approximate surface area is 130 Å². The van der Waals surface area contributed by atoms with Gasteiger partial charge in [-0.3, -0.25) is 0 Å². The van der Waals surface area contributed by atoms with E-state index in [0.29, 0.717) is 0 Å². The average Bonchev–Trinajstić information content (AvgIpc) is 2.80. The van der Waals surface area contributed by atoms with E-state index in [1.807, 2.05) is 45.0 Å². The molecule has 0 fully saturated rings. The molecule has 0 aliphatic heterocycles. The second-order valence-corrected chi connectivity index (χ2v) is 6.77. The summed E-state index contributed by atoms with van der Waals surface area (Å²) in [5, 5.41) is 10.5. The monoisotopic (exact) mass is 296 g/mol. The number of nitriles is 1. The maximum Gasteiger partial charge on any atom is 0.419 e. The van der Waals surface area contributed by atoms with Gasteiger partial charge in [0.25, 0.3) is 0 Å². The van der Waals surface area contributed by atoms with E-state index in [2.05, 4.69) is 6.07 Å². The van der Waals surface area contributed by atoms with Crippen molar-refractivity contribution in [2.24, 2.45) is 0 Å². The van der Waals surface area contributed by atoms with Crippen molar-refractivity contribution in [2.45, 2.75) is 51.6 Å². The molecule has 2 aromatic rings. The topological polar surface area (TPSA) is 55.0 Å². The van der Waals surface area contributed by atoms with Crippen molar-refractivity contribution < 1.29 is 9.53 Å². The largest absolute Gasteiger partial charge is 0.443 e. The third-order valence-electron chi connectivity index (χ3n) is 4.00. The van der Waals surface area contributed by atoms with Gasteiger partial charge in [0.15, 0.2) is 0 Å². The van der Waals surface area contributed by atoms with Crippen LogP contribution in [0.2, 0.25) is 0 Å². The zero-order valence-electron chi connectivity index (χ0n) is 13.2. The van der Waals surface area contributed by atoms with Crippen LogP contribution in [-0.4, -0.2) is 16.3 Å². The van der Waals surface area contributed by atoms with Gasteiger partial charge >= 0.3 is 6.09 Å². The highest BCUT2D eigenvalue weighted by atomic mass is 16.6. The third kappa shape index (κ3) is 2.37. The van der Waals surface area contributed by atoms with E-state index in [1.165, 1.54) is 0 Å². The highest BCUT2D eigenvalue weighted by molar-refractivity contribution is 5.94. The highest BCUT2D eigenvalue weighted by Gasteiger charge is 2.31. The Hall–Kier alpha value is -2.28. The lowest BCUT2D eigenvalue weighted by Gasteiger charge is -2.23. The third-order valence-corrected chi connectivity index (χ3v) is 4.00. The van der Waals surface area contributed by atoms with Crippen molar-refractivity contribution >= 4 is 17.0 Å². The van der Waals surface area contributed by atoms with Gasteiger partial charge in [0.05, 0.1) is 23.2 Å². The number of rotatable bonds is 0. The van der Waals surface area contributed by atoms with Gasteiger partial charge in [-0.2, -0.15) is 5.26 Å².